The standard InChI is InChI=1S/C21H22N4O4/c1-24-18-16(20(27)25(2)21(24)28)10-11-17(23-18)19(26)22-13-6-5-9-15(12-13)29-14-7-3-4-8-14/h5-6,9-12,14H,3-4,7-8H2,1-2H3,(H,22,26). The number of aromatic nitrogens is 3. The fourth-order valence-corrected chi connectivity index (χ4v) is 3.62. The van der Waals surface area contributed by atoms with Crippen LogP contribution in [0.5, 0.6) is 5.75 Å². The molecule has 8 heteroatoms. The number of nitrogens with zero attached hydrogens (tertiary/aromatic N) is 3. The molecule has 0 atom stereocenters. The van der Waals surface area contributed by atoms with Gasteiger partial charge in [-0.05, 0) is 49.9 Å². The summed E-state index contributed by atoms with van der Waals surface area (Å²) in [6.45, 7) is 0. The van der Waals surface area contributed by atoms with Gasteiger partial charge in [0.2, 0.25) is 0 Å². The topological polar surface area (TPSA) is 95.2 Å². The van der Waals surface area contributed by atoms with Gasteiger partial charge in [-0.15, -0.1) is 0 Å². The second-order valence-corrected chi connectivity index (χ2v) is 7.28. The van der Waals surface area contributed by atoms with Gasteiger partial charge in [-0.2, -0.15) is 0 Å². The molecule has 29 heavy (non-hydrogen) atoms. The van der Waals surface area contributed by atoms with Gasteiger partial charge >= 0.3 is 5.69 Å². The number of fused-ring (bicyclic) bond motifs is 1. The van der Waals surface area contributed by atoms with Crippen molar-refractivity contribution in [3.8, 4) is 5.75 Å². The van der Waals surface area contributed by atoms with Crippen LogP contribution in [0.15, 0.2) is 46.0 Å². The van der Waals surface area contributed by atoms with E-state index in [2.05, 4.69) is 10.3 Å². The zero-order chi connectivity index (χ0) is 20.5. The Hall–Kier alpha value is -3.42. The number of hydrogen-bond donors (Lipinski definition) is 1. The largest absolute Gasteiger partial charge is 0.490 e. The van der Waals surface area contributed by atoms with Gasteiger partial charge in [-0.1, -0.05) is 6.07 Å². The fraction of sp³-hybridized carbons (Fsp3) is 0.333. The van der Waals surface area contributed by atoms with Crippen molar-refractivity contribution >= 4 is 22.6 Å². The summed E-state index contributed by atoms with van der Waals surface area (Å²) in [5.41, 5.74) is -0.0687. The van der Waals surface area contributed by atoms with Crippen molar-refractivity contribution in [2.45, 2.75) is 31.8 Å². The minimum Gasteiger partial charge on any atom is -0.490 e. The van der Waals surface area contributed by atoms with Gasteiger partial charge in [-0.25, -0.2) is 9.78 Å². The number of carbonyl (C=O) groups excluding carboxylic acids is 1. The number of ether oxygens (including phenoxy) is 1. The van der Waals surface area contributed by atoms with Crippen LogP contribution in [0.3, 0.4) is 0 Å². The Morgan fingerprint density at radius 2 is 1.86 bits per heavy atom. The van der Waals surface area contributed by atoms with Crippen molar-refractivity contribution in [1.82, 2.24) is 14.1 Å². The normalized spacial score (nSPS) is 14.3. The monoisotopic (exact) mass is 394 g/mol. The van der Waals surface area contributed by atoms with E-state index < -0.39 is 17.2 Å². The Kier molecular flexibility index (Phi) is 4.92. The molecule has 0 unspecified atom stereocenters. The van der Waals surface area contributed by atoms with Crippen LogP contribution in [0.2, 0.25) is 0 Å². The van der Waals surface area contributed by atoms with Gasteiger partial charge < -0.3 is 10.1 Å². The summed E-state index contributed by atoms with van der Waals surface area (Å²) in [5, 5.41) is 3.07. The Morgan fingerprint density at radius 3 is 2.62 bits per heavy atom. The highest BCUT2D eigenvalue weighted by Crippen LogP contribution is 2.26. The van der Waals surface area contributed by atoms with E-state index in [9.17, 15) is 14.4 Å². The van der Waals surface area contributed by atoms with E-state index in [0.717, 1.165) is 17.4 Å². The molecule has 1 N–H and O–H groups in total. The zero-order valence-electron chi connectivity index (χ0n) is 16.3. The van der Waals surface area contributed by atoms with Gasteiger partial charge in [0, 0.05) is 25.8 Å². The van der Waals surface area contributed by atoms with E-state index in [1.54, 1.807) is 12.1 Å². The van der Waals surface area contributed by atoms with E-state index in [-0.39, 0.29) is 22.8 Å². The van der Waals surface area contributed by atoms with Gasteiger partial charge in [0.1, 0.15) is 17.1 Å². The third-order valence-corrected chi connectivity index (χ3v) is 5.23. The number of anilines is 1. The second kappa shape index (κ2) is 7.54. The first-order valence-electron chi connectivity index (χ1n) is 9.59. The Balaban J connectivity index is 1.59. The van der Waals surface area contributed by atoms with Crippen molar-refractivity contribution in [1.29, 1.82) is 0 Å². The van der Waals surface area contributed by atoms with Crippen molar-refractivity contribution in [2.24, 2.45) is 14.1 Å². The van der Waals surface area contributed by atoms with Crippen molar-refractivity contribution < 1.29 is 9.53 Å². The van der Waals surface area contributed by atoms with Crippen LogP contribution >= 0.6 is 0 Å². The van der Waals surface area contributed by atoms with Crippen molar-refractivity contribution in [3.05, 3.63) is 62.9 Å². The van der Waals surface area contributed by atoms with Crippen LogP contribution < -0.4 is 21.3 Å². The van der Waals surface area contributed by atoms with Gasteiger partial charge in [0.25, 0.3) is 11.5 Å². The number of benzene rings is 1. The van der Waals surface area contributed by atoms with E-state index in [0.29, 0.717) is 11.4 Å². The summed E-state index contributed by atoms with van der Waals surface area (Å²) in [6.07, 6.45) is 4.69. The Bertz CT molecular complexity index is 1210. The Morgan fingerprint density at radius 1 is 1.10 bits per heavy atom. The smallest absolute Gasteiger partial charge is 0.332 e. The number of aryl methyl sites for hydroxylation is 1. The number of rotatable bonds is 4. The number of hydrogen-bond acceptors (Lipinski definition) is 5. The van der Waals surface area contributed by atoms with Crippen molar-refractivity contribution in [2.75, 3.05) is 5.32 Å². The lowest BCUT2D eigenvalue weighted by molar-refractivity contribution is 0.102. The minimum atomic E-state index is -0.496. The molecule has 0 spiro atoms. The molecule has 0 aliphatic heterocycles. The lowest BCUT2D eigenvalue weighted by Gasteiger charge is -2.14. The van der Waals surface area contributed by atoms with Crippen LogP contribution in [0.25, 0.3) is 11.0 Å². The van der Waals surface area contributed by atoms with Crippen LogP contribution in [-0.4, -0.2) is 26.1 Å². The van der Waals surface area contributed by atoms with Crippen molar-refractivity contribution in [3.63, 3.8) is 0 Å². The maximum atomic E-state index is 12.7. The highest BCUT2D eigenvalue weighted by Gasteiger charge is 2.17. The first kappa shape index (κ1) is 18.9. The molecule has 1 aliphatic rings. The maximum absolute atomic E-state index is 12.7. The van der Waals surface area contributed by atoms with Crippen LogP contribution in [0, 0.1) is 0 Å². The predicted molar refractivity (Wildman–Crippen MR) is 110 cm³/mol. The molecule has 0 bridgehead atoms. The highest BCUT2D eigenvalue weighted by atomic mass is 16.5. The molecule has 1 saturated carbocycles. The minimum absolute atomic E-state index is 0.114. The molecule has 150 valence electrons. The molecule has 0 radical (unpaired) electrons. The molecular weight excluding hydrogens is 372 g/mol. The molecule has 4 rings (SSSR count). The summed E-state index contributed by atoms with van der Waals surface area (Å²) >= 11 is 0. The lowest BCUT2D eigenvalue weighted by atomic mass is 10.2. The lowest BCUT2D eigenvalue weighted by Crippen LogP contribution is -2.37. The van der Waals surface area contributed by atoms with E-state index >= 15 is 0 Å². The second-order valence-electron chi connectivity index (χ2n) is 7.28. The summed E-state index contributed by atoms with van der Waals surface area (Å²) < 4.78 is 8.24. The zero-order valence-corrected chi connectivity index (χ0v) is 16.3. The van der Waals surface area contributed by atoms with E-state index in [1.165, 1.54) is 43.6 Å². The van der Waals surface area contributed by atoms with Crippen LogP contribution in [-0.2, 0) is 14.1 Å². The average molecular weight is 394 g/mol. The first-order chi connectivity index (χ1) is 13.9. The highest BCUT2D eigenvalue weighted by molar-refractivity contribution is 6.03. The van der Waals surface area contributed by atoms with Crippen LogP contribution in [0.1, 0.15) is 36.2 Å². The number of nitrogens with one attached hydrogen (secondary N) is 1. The third-order valence-electron chi connectivity index (χ3n) is 5.23. The SMILES string of the molecule is Cn1c(=O)c2ccc(C(=O)Nc3cccc(OC4CCCC4)c3)nc2n(C)c1=O. The average Bonchev–Trinajstić information content (AvgIpc) is 3.23. The summed E-state index contributed by atoms with van der Waals surface area (Å²) in [5.74, 6) is 0.283. The van der Waals surface area contributed by atoms with E-state index in [4.69, 9.17) is 4.74 Å². The third kappa shape index (κ3) is 3.65. The molecule has 1 amide bonds. The van der Waals surface area contributed by atoms with Gasteiger partial charge in [0.15, 0.2) is 0 Å². The molecule has 0 saturated heterocycles. The summed E-state index contributed by atoms with van der Waals surface area (Å²) in [7, 11) is 2.92. The Labute approximate surface area is 166 Å². The van der Waals surface area contributed by atoms with Crippen LogP contribution in [0.4, 0.5) is 5.69 Å². The summed E-state index contributed by atoms with van der Waals surface area (Å²) in [4.78, 5) is 41.3. The first-order valence-corrected chi connectivity index (χ1v) is 9.59. The maximum Gasteiger partial charge on any atom is 0.332 e. The fourth-order valence-electron chi connectivity index (χ4n) is 3.62. The number of amides is 1. The predicted octanol–water partition coefficient (Wildman–Crippen LogP) is 2.21. The molecule has 8 nitrogen and oxygen atoms in total. The molecule has 3 aromatic rings. The van der Waals surface area contributed by atoms with E-state index in [1.807, 2.05) is 12.1 Å². The molecule has 1 fully saturated rings. The number of carbonyl (C=O) groups is 1. The molecular formula is C21H22N4O4. The molecule has 2 aromatic heterocycles. The van der Waals surface area contributed by atoms with Gasteiger partial charge in [0.05, 0.1) is 11.5 Å². The molecule has 1 aromatic carbocycles. The quantitative estimate of drug-likeness (QED) is 0.732. The summed E-state index contributed by atoms with van der Waals surface area (Å²) in [6, 6.07) is 10.2. The number of pyridine rings is 1. The molecule has 2 heterocycles. The van der Waals surface area contributed by atoms with Gasteiger partial charge in [-0.3, -0.25) is 18.7 Å². The molecule has 1 aliphatic carbocycles.